The molecular weight excluding hydrogens is 305 g/mol. The number of likely N-dealkylation sites (tertiary alicyclic amines) is 1. The summed E-state index contributed by atoms with van der Waals surface area (Å²) in [6, 6.07) is 3.94. The van der Waals surface area contributed by atoms with Crippen LogP contribution in [-0.4, -0.2) is 46.5 Å². The van der Waals surface area contributed by atoms with Gasteiger partial charge >= 0.3 is 0 Å². The molecule has 0 aliphatic carbocycles. The fourth-order valence-corrected chi connectivity index (χ4v) is 3.52. The van der Waals surface area contributed by atoms with Gasteiger partial charge < -0.3 is 10.2 Å². The van der Waals surface area contributed by atoms with E-state index < -0.39 is 15.8 Å². The molecule has 1 aromatic rings. The number of nitrogens with one attached hydrogen (secondary N) is 2. The number of rotatable bonds is 7. The minimum absolute atomic E-state index is 0.0620. The average molecular weight is 329 g/mol. The van der Waals surface area contributed by atoms with E-state index in [0.29, 0.717) is 18.2 Å². The van der Waals surface area contributed by atoms with Gasteiger partial charge in [-0.3, -0.25) is 0 Å². The summed E-state index contributed by atoms with van der Waals surface area (Å²) in [6.45, 7) is 6.12. The molecule has 22 heavy (non-hydrogen) atoms. The maximum Gasteiger partial charge on any atom is 0.240 e. The van der Waals surface area contributed by atoms with Gasteiger partial charge in [-0.15, -0.1) is 0 Å². The Kier molecular flexibility index (Phi) is 5.77. The maximum atomic E-state index is 14.0. The van der Waals surface area contributed by atoms with Crippen molar-refractivity contribution < 1.29 is 12.8 Å². The van der Waals surface area contributed by atoms with E-state index in [4.69, 9.17) is 0 Å². The van der Waals surface area contributed by atoms with Crippen LogP contribution < -0.4 is 10.0 Å². The fraction of sp³-hybridized carbons (Fsp3) is 0.600. The standard InChI is InChI=1S/C15H24FN3O2S/c1-3-7-19-8-6-12(11-19)10-18-15-5-4-13(9-14(15)16)22(20,21)17-2/h4-5,9,12,17-18H,3,6-8,10-11H2,1-2H3/t12-/m1/s1. The molecule has 1 aliphatic rings. The smallest absolute Gasteiger partial charge is 0.240 e. The molecule has 0 amide bonds. The minimum atomic E-state index is -3.61. The van der Waals surface area contributed by atoms with Crippen molar-refractivity contribution in [2.24, 2.45) is 5.92 Å². The van der Waals surface area contributed by atoms with E-state index in [0.717, 1.165) is 38.5 Å². The lowest BCUT2D eigenvalue weighted by Gasteiger charge is -2.16. The van der Waals surface area contributed by atoms with Crippen molar-refractivity contribution in [2.45, 2.75) is 24.7 Å². The number of benzene rings is 1. The first-order valence-electron chi connectivity index (χ1n) is 7.65. The van der Waals surface area contributed by atoms with Gasteiger partial charge in [-0.25, -0.2) is 17.5 Å². The molecule has 0 bridgehead atoms. The van der Waals surface area contributed by atoms with Crippen LogP contribution in [-0.2, 0) is 10.0 Å². The molecule has 124 valence electrons. The summed E-state index contributed by atoms with van der Waals surface area (Å²) in [6.07, 6.45) is 2.26. The van der Waals surface area contributed by atoms with Crippen molar-refractivity contribution in [3.63, 3.8) is 0 Å². The van der Waals surface area contributed by atoms with Crippen molar-refractivity contribution >= 4 is 15.7 Å². The fourth-order valence-electron chi connectivity index (χ4n) is 2.78. The van der Waals surface area contributed by atoms with Crippen LogP contribution in [0.15, 0.2) is 23.1 Å². The van der Waals surface area contributed by atoms with Gasteiger partial charge in [-0.1, -0.05) is 6.92 Å². The Morgan fingerprint density at radius 3 is 2.82 bits per heavy atom. The van der Waals surface area contributed by atoms with E-state index in [-0.39, 0.29) is 4.90 Å². The number of nitrogens with zero attached hydrogens (tertiary/aromatic N) is 1. The van der Waals surface area contributed by atoms with E-state index in [1.807, 2.05) is 0 Å². The van der Waals surface area contributed by atoms with Gasteiger partial charge in [-0.2, -0.15) is 0 Å². The summed E-state index contributed by atoms with van der Waals surface area (Å²) in [5.74, 6) is -0.0357. The Balaban J connectivity index is 1.94. The summed E-state index contributed by atoms with van der Waals surface area (Å²) in [5.41, 5.74) is 0.351. The van der Waals surface area contributed by atoms with Gasteiger partial charge in [0.15, 0.2) is 0 Å². The van der Waals surface area contributed by atoms with E-state index >= 15 is 0 Å². The van der Waals surface area contributed by atoms with Crippen molar-refractivity contribution in [3.8, 4) is 0 Å². The molecule has 1 atom stereocenters. The Labute approximate surface area is 131 Å². The third kappa shape index (κ3) is 4.18. The normalized spacial score (nSPS) is 19.5. The molecule has 0 spiro atoms. The summed E-state index contributed by atoms with van der Waals surface area (Å²) in [4.78, 5) is 2.36. The highest BCUT2D eigenvalue weighted by Gasteiger charge is 2.22. The van der Waals surface area contributed by atoms with E-state index in [1.165, 1.54) is 19.2 Å². The molecule has 1 fully saturated rings. The number of sulfonamides is 1. The van der Waals surface area contributed by atoms with Crippen LogP contribution in [0, 0.1) is 11.7 Å². The third-order valence-electron chi connectivity index (χ3n) is 4.01. The molecule has 2 rings (SSSR count). The van der Waals surface area contributed by atoms with Crippen LogP contribution in [0.4, 0.5) is 10.1 Å². The first kappa shape index (κ1) is 17.2. The number of hydrogen-bond donors (Lipinski definition) is 2. The second-order valence-corrected chi connectivity index (χ2v) is 7.57. The zero-order valence-electron chi connectivity index (χ0n) is 13.1. The van der Waals surface area contributed by atoms with Gasteiger partial charge in [0.2, 0.25) is 10.0 Å². The Morgan fingerprint density at radius 1 is 1.41 bits per heavy atom. The summed E-state index contributed by atoms with van der Waals surface area (Å²) in [5, 5.41) is 3.10. The van der Waals surface area contributed by atoms with Gasteiger partial charge in [0.05, 0.1) is 10.6 Å². The SMILES string of the molecule is CCCN1CC[C@H](CNc2ccc(S(=O)(=O)NC)cc2F)C1. The summed E-state index contributed by atoms with van der Waals surface area (Å²) >= 11 is 0. The highest BCUT2D eigenvalue weighted by molar-refractivity contribution is 7.89. The van der Waals surface area contributed by atoms with Crippen molar-refractivity contribution in [3.05, 3.63) is 24.0 Å². The van der Waals surface area contributed by atoms with Crippen LogP contribution in [0.1, 0.15) is 19.8 Å². The molecule has 0 saturated carbocycles. The number of anilines is 1. The highest BCUT2D eigenvalue weighted by atomic mass is 32.2. The Hall–Kier alpha value is -1.18. The third-order valence-corrected chi connectivity index (χ3v) is 5.42. The van der Waals surface area contributed by atoms with E-state index in [1.54, 1.807) is 0 Å². The Morgan fingerprint density at radius 2 is 2.18 bits per heavy atom. The van der Waals surface area contributed by atoms with Crippen LogP contribution in [0.5, 0.6) is 0 Å². The lowest BCUT2D eigenvalue weighted by Crippen LogP contribution is -2.23. The second-order valence-electron chi connectivity index (χ2n) is 5.69. The molecule has 1 heterocycles. The number of hydrogen-bond acceptors (Lipinski definition) is 4. The van der Waals surface area contributed by atoms with E-state index in [9.17, 15) is 12.8 Å². The van der Waals surface area contributed by atoms with Crippen LogP contribution in [0.3, 0.4) is 0 Å². The summed E-state index contributed by atoms with van der Waals surface area (Å²) < 4.78 is 39.5. The van der Waals surface area contributed by atoms with Gasteiger partial charge in [-0.05, 0) is 57.1 Å². The molecular formula is C15H24FN3O2S. The lowest BCUT2D eigenvalue weighted by molar-refractivity contribution is 0.327. The Bertz CT molecular complexity index is 607. The molecule has 0 aromatic heterocycles. The van der Waals surface area contributed by atoms with E-state index in [2.05, 4.69) is 21.9 Å². The van der Waals surface area contributed by atoms with Crippen molar-refractivity contribution in [2.75, 3.05) is 38.5 Å². The number of halogens is 1. The average Bonchev–Trinajstić information content (AvgIpc) is 2.94. The quantitative estimate of drug-likeness (QED) is 0.802. The zero-order valence-corrected chi connectivity index (χ0v) is 13.9. The molecule has 0 radical (unpaired) electrons. The van der Waals surface area contributed by atoms with Crippen LogP contribution in [0.2, 0.25) is 0 Å². The minimum Gasteiger partial charge on any atom is -0.382 e. The van der Waals surface area contributed by atoms with Crippen LogP contribution in [0.25, 0.3) is 0 Å². The first-order chi connectivity index (χ1) is 10.5. The molecule has 1 saturated heterocycles. The monoisotopic (exact) mass is 329 g/mol. The van der Waals surface area contributed by atoms with Gasteiger partial charge in [0, 0.05) is 13.1 Å². The lowest BCUT2D eigenvalue weighted by atomic mass is 10.1. The molecule has 2 N–H and O–H groups in total. The molecule has 1 aromatic carbocycles. The van der Waals surface area contributed by atoms with Crippen molar-refractivity contribution in [1.29, 1.82) is 0 Å². The molecule has 5 nitrogen and oxygen atoms in total. The predicted molar refractivity (Wildman–Crippen MR) is 86.0 cm³/mol. The van der Waals surface area contributed by atoms with Crippen LogP contribution >= 0.6 is 0 Å². The highest BCUT2D eigenvalue weighted by Crippen LogP contribution is 2.21. The predicted octanol–water partition coefficient (Wildman–Crippen LogP) is 1.88. The topological polar surface area (TPSA) is 61.4 Å². The van der Waals surface area contributed by atoms with Crippen molar-refractivity contribution in [1.82, 2.24) is 9.62 Å². The molecule has 7 heteroatoms. The summed E-state index contributed by atoms with van der Waals surface area (Å²) in [7, 11) is -2.30. The maximum absolute atomic E-state index is 14.0. The second kappa shape index (κ2) is 7.39. The molecule has 0 unspecified atom stereocenters. The molecule has 1 aliphatic heterocycles. The van der Waals surface area contributed by atoms with Gasteiger partial charge in [0.1, 0.15) is 5.82 Å². The largest absolute Gasteiger partial charge is 0.382 e. The zero-order chi connectivity index (χ0) is 16.2. The van der Waals surface area contributed by atoms with Gasteiger partial charge in [0.25, 0.3) is 0 Å². The first-order valence-corrected chi connectivity index (χ1v) is 9.14.